The van der Waals surface area contributed by atoms with Crippen LogP contribution in [0.4, 0.5) is 4.79 Å². The minimum Gasteiger partial charge on any atom is -0.433 e. The van der Waals surface area contributed by atoms with Gasteiger partial charge in [0, 0.05) is 5.56 Å². The first-order valence-corrected chi connectivity index (χ1v) is 6.95. The average Bonchev–Trinajstić information content (AvgIpc) is 2.54. The van der Waals surface area contributed by atoms with Crippen molar-refractivity contribution in [2.24, 2.45) is 10.9 Å². The smallest absolute Gasteiger partial charge is 0.433 e. The summed E-state index contributed by atoms with van der Waals surface area (Å²) < 4.78 is 4.63. The van der Waals surface area contributed by atoms with Gasteiger partial charge in [-0.05, 0) is 25.0 Å². The zero-order chi connectivity index (χ0) is 15.9. The normalized spacial score (nSPS) is 11.1. The Hall–Kier alpha value is -2.82. The fourth-order valence-corrected chi connectivity index (χ4v) is 1.97. The molecule has 0 radical (unpaired) electrons. The fraction of sp³-hybridized carbons (Fsp3) is 0.176. The molecule has 22 heavy (non-hydrogen) atoms. The van der Waals surface area contributed by atoms with Crippen LogP contribution in [0.15, 0.2) is 53.7 Å². The number of rotatable bonds is 4. The molecule has 5 nitrogen and oxygen atoms in total. The van der Waals surface area contributed by atoms with Crippen molar-refractivity contribution in [1.82, 2.24) is 0 Å². The second-order valence-electron chi connectivity index (χ2n) is 4.66. The van der Waals surface area contributed by atoms with Crippen LogP contribution in [0.25, 0.3) is 11.1 Å². The number of carbonyl (C=O) groups is 1. The van der Waals surface area contributed by atoms with Crippen LogP contribution in [0.2, 0.25) is 0 Å². The Morgan fingerprint density at radius 3 is 2.50 bits per heavy atom. The first-order valence-electron chi connectivity index (χ1n) is 6.95. The first kappa shape index (κ1) is 15.6. The summed E-state index contributed by atoms with van der Waals surface area (Å²) in [6.07, 6.45) is -0.877. The predicted molar refractivity (Wildman–Crippen MR) is 85.4 cm³/mol. The standard InChI is InChI=1S/C17H18N2O3/c1-3-21-17(20)22-19-16(18)15-7-5-4-6-14(15)13-10-8-12(2)9-11-13/h4-11H,3H2,1-2H3,(H2,18,19). The molecule has 0 amide bonds. The maximum atomic E-state index is 11.2. The van der Waals surface area contributed by atoms with Crippen LogP contribution in [0.1, 0.15) is 18.1 Å². The lowest BCUT2D eigenvalue weighted by Gasteiger charge is -2.09. The molecule has 0 aliphatic rings. The van der Waals surface area contributed by atoms with E-state index in [0.29, 0.717) is 5.56 Å². The van der Waals surface area contributed by atoms with Crippen LogP contribution < -0.4 is 5.73 Å². The molecule has 0 atom stereocenters. The molecular formula is C17H18N2O3. The van der Waals surface area contributed by atoms with Crippen LogP contribution in [0.5, 0.6) is 0 Å². The minimum absolute atomic E-state index is 0.115. The molecule has 5 heteroatoms. The van der Waals surface area contributed by atoms with E-state index in [0.717, 1.165) is 11.1 Å². The van der Waals surface area contributed by atoms with Gasteiger partial charge in [0.2, 0.25) is 0 Å². The van der Waals surface area contributed by atoms with E-state index in [1.54, 1.807) is 6.92 Å². The fourth-order valence-electron chi connectivity index (χ4n) is 1.97. The maximum absolute atomic E-state index is 11.2. The van der Waals surface area contributed by atoms with Crippen molar-refractivity contribution in [2.75, 3.05) is 6.61 Å². The monoisotopic (exact) mass is 298 g/mol. The van der Waals surface area contributed by atoms with Crippen molar-refractivity contribution < 1.29 is 14.4 Å². The van der Waals surface area contributed by atoms with Gasteiger partial charge in [0.15, 0.2) is 5.84 Å². The Balaban J connectivity index is 2.30. The summed E-state index contributed by atoms with van der Waals surface area (Å²) in [5.74, 6) is 0.115. The molecule has 2 rings (SSSR count). The highest BCUT2D eigenvalue weighted by Crippen LogP contribution is 2.24. The summed E-state index contributed by atoms with van der Waals surface area (Å²) in [7, 11) is 0. The number of aryl methyl sites for hydroxylation is 1. The lowest BCUT2D eigenvalue weighted by atomic mass is 9.98. The largest absolute Gasteiger partial charge is 0.535 e. The van der Waals surface area contributed by atoms with Crippen LogP contribution in [0, 0.1) is 6.92 Å². The molecule has 2 aromatic rings. The molecule has 0 fully saturated rings. The summed E-state index contributed by atoms with van der Waals surface area (Å²) in [4.78, 5) is 15.8. The van der Waals surface area contributed by atoms with Gasteiger partial charge in [-0.25, -0.2) is 4.79 Å². The highest BCUT2D eigenvalue weighted by molar-refractivity contribution is 6.03. The van der Waals surface area contributed by atoms with Crippen LogP contribution in [-0.4, -0.2) is 18.6 Å². The number of carbonyl (C=O) groups excluding carboxylic acids is 1. The lowest BCUT2D eigenvalue weighted by molar-refractivity contribution is 0.0613. The Morgan fingerprint density at radius 1 is 1.14 bits per heavy atom. The van der Waals surface area contributed by atoms with E-state index in [1.807, 2.05) is 55.5 Å². The number of hydrogen-bond acceptors (Lipinski definition) is 4. The van der Waals surface area contributed by atoms with Gasteiger partial charge in [-0.2, -0.15) is 0 Å². The quantitative estimate of drug-likeness (QED) is 0.308. The Kier molecular flexibility index (Phi) is 5.14. The Morgan fingerprint density at radius 2 is 1.82 bits per heavy atom. The predicted octanol–water partition coefficient (Wildman–Crippen LogP) is 3.46. The van der Waals surface area contributed by atoms with Crippen LogP contribution >= 0.6 is 0 Å². The molecule has 0 aliphatic heterocycles. The second-order valence-corrected chi connectivity index (χ2v) is 4.66. The molecule has 0 unspecified atom stereocenters. The third-order valence-corrected chi connectivity index (χ3v) is 3.05. The maximum Gasteiger partial charge on any atom is 0.535 e. The van der Waals surface area contributed by atoms with Gasteiger partial charge in [0.1, 0.15) is 0 Å². The van der Waals surface area contributed by atoms with E-state index in [2.05, 4.69) is 14.7 Å². The van der Waals surface area contributed by atoms with Gasteiger partial charge < -0.3 is 10.5 Å². The number of benzene rings is 2. The third-order valence-electron chi connectivity index (χ3n) is 3.05. The number of oxime groups is 1. The molecule has 0 bridgehead atoms. The topological polar surface area (TPSA) is 73.9 Å². The molecule has 0 aliphatic carbocycles. The second kappa shape index (κ2) is 7.26. The molecule has 0 spiro atoms. The van der Waals surface area contributed by atoms with Crippen molar-refractivity contribution in [3.8, 4) is 11.1 Å². The Bertz CT molecular complexity index is 679. The minimum atomic E-state index is -0.877. The third kappa shape index (κ3) is 3.85. The Labute approximate surface area is 129 Å². The van der Waals surface area contributed by atoms with Crippen LogP contribution in [0.3, 0.4) is 0 Å². The number of nitrogens with two attached hydrogens (primary N) is 1. The van der Waals surface area contributed by atoms with E-state index in [4.69, 9.17) is 5.73 Å². The van der Waals surface area contributed by atoms with Gasteiger partial charge in [0.25, 0.3) is 0 Å². The average molecular weight is 298 g/mol. The van der Waals surface area contributed by atoms with Gasteiger partial charge in [-0.15, -0.1) is 0 Å². The highest BCUT2D eigenvalue weighted by atomic mass is 16.8. The van der Waals surface area contributed by atoms with Crippen molar-refractivity contribution in [3.05, 3.63) is 59.7 Å². The number of hydrogen-bond donors (Lipinski definition) is 1. The zero-order valence-corrected chi connectivity index (χ0v) is 12.6. The molecule has 114 valence electrons. The zero-order valence-electron chi connectivity index (χ0n) is 12.6. The van der Waals surface area contributed by atoms with Gasteiger partial charge in [-0.3, -0.25) is 4.84 Å². The van der Waals surface area contributed by atoms with Crippen molar-refractivity contribution >= 4 is 12.0 Å². The summed E-state index contributed by atoms with van der Waals surface area (Å²) in [5, 5.41) is 3.64. The van der Waals surface area contributed by atoms with Gasteiger partial charge >= 0.3 is 6.16 Å². The van der Waals surface area contributed by atoms with Crippen molar-refractivity contribution in [3.63, 3.8) is 0 Å². The SMILES string of the molecule is CCOC(=O)ON=C(N)c1ccccc1-c1ccc(C)cc1. The van der Waals surface area contributed by atoms with Gasteiger partial charge in [-0.1, -0.05) is 59.3 Å². The molecule has 2 N–H and O–H groups in total. The van der Waals surface area contributed by atoms with E-state index in [1.165, 1.54) is 5.56 Å². The number of ether oxygens (including phenoxy) is 1. The van der Waals surface area contributed by atoms with Crippen LogP contribution in [-0.2, 0) is 9.57 Å². The summed E-state index contributed by atoms with van der Waals surface area (Å²) >= 11 is 0. The summed E-state index contributed by atoms with van der Waals surface area (Å²) in [5.41, 5.74) is 9.71. The lowest BCUT2D eigenvalue weighted by Crippen LogP contribution is -2.16. The number of amidine groups is 1. The van der Waals surface area contributed by atoms with E-state index in [-0.39, 0.29) is 12.4 Å². The van der Waals surface area contributed by atoms with E-state index < -0.39 is 6.16 Å². The first-order chi connectivity index (χ1) is 10.6. The van der Waals surface area contributed by atoms with E-state index in [9.17, 15) is 4.79 Å². The molecule has 2 aromatic carbocycles. The number of nitrogens with zero attached hydrogens (tertiary/aromatic N) is 1. The molecule has 0 saturated heterocycles. The van der Waals surface area contributed by atoms with Crippen molar-refractivity contribution in [2.45, 2.75) is 13.8 Å². The van der Waals surface area contributed by atoms with E-state index >= 15 is 0 Å². The van der Waals surface area contributed by atoms with Crippen molar-refractivity contribution in [1.29, 1.82) is 0 Å². The molecular weight excluding hydrogens is 280 g/mol. The molecule has 0 aromatic heterocycles. The molecule has 0 saturated carbocycles. The highest BCUT2D eigenvalue weighted by Gasteiger charge is 2.10. The molecule has 0 heterocycles. The van der Waals surface area contributed by atoms with Gasteiger partial charge in [0.05, 0.1) is 6.61 Å². The summed E-state index contributed by atoms with van der Waals surface area (Å²) in [6, 6.07) is 15.6. The summed E-state index contributed by atoms with van der Waals surface area (Å²) in [6.45, 7) is 3.92.